The molecule has 96 valence electrons. The average Bonchev–Trinajstić information content (AvgIpc) is 2.91. The Morgan fingerprint density at radius 1 is 0.950 bits per heavy atom. The van der Waals surface area contributed by atoms with Crippen molar-refractivity contribution in [1.82, 2.24) is 25.0 Å². The van der Waals surface area contributed by atoms with Gasteiger partial charge in [-0.1, -0.05) is 17.3 Å². The smallest absolute Gasteiger partial charge is 0.116 e. The number of hydrogen-bond acceptors (Lipinski definition) is 4. The topological polar surface area (TPSA) is 56.5 Å². The monoisotopic (exact) mass is 261 g/mol. The van der Waals surface area contributed by atoms with E-state index in [1.807, 2.05) is 54.1 Å². The molecular weight excluding hydrogens is 250 g/mol. The Morgan fingerprint density at radius 3 is 2.80 bits per heavy atom. The molecule has 2 aromatic carbocycles. The predicted molar refractivity (Wildman–Crippen MR) is 76.7 cm³/mol. The molecule has 20 heavy (non-hydrogen) atoms. The molecule has 0 aliphatic heterocycles. The van der Waals surface area contributed by atoms with Crippen molar-refractivity contribution in [2.75, 3.05) is 0 Å². The fourth-order valence-electron chi connectivity index (χ4n) is 2.36. The van der Waals surface area contributed by atoms with Crippen molar-refractivity contribution >= 4 is 21.9 Å². The molecule has 0 atom stereocenters. The summed E-state index contributed by atoms with van der Waals surface area (Å²) in [6, 6.07) is 13.9. The molecule has 0 bridgehead atoms. The van der Waals surface area contributed by atoms with E-state index in [0.717, 1.165) is 33.3 Å². The van der Waals surface area contributed by atoms with Crippen LogP contribution in [0, 0.1) is 6.92 Å². The van der Waals surface area contributed by atoms with Crippen molar-refractivity contribution < 1.29 is 0 Å². The van der Waals surface area contributed by atoms with E-state index >= 15 is 0 Å². The summed E-state index contributed by atoms with van der Waals surface area (Å²) in [5, 5.41) is 9.44. The summed E-state index contributed by atoms with van der Waals surface area (Å²) in [5.41, 5.74) is 4.73. The van der Waals surface area contributed by atoms with Crippen LogP contribution in [0.3, 0.4) is 0 Å². The second-order valence-electron chi connectivity index (χ2n) is 4.65. The number of hydrogen-bond donors (Lipinski definition) is 0. The molecule has 0 spiro atoms. The molecule has 5 heteroatoms. The SMILES string of the molecule is Cc1ncnc2ccc(-n3nnc4ccccc43)cc12. The maximum atomic E-state index is 4.27. The number of fused-ring (bicyclic) bond motifs is 2. The van der Waals surface area contributed by atoms with Crippen LogP contribution in [0.15, 0.2) is 48.8 Å². The van der Waals surface area contributed by atoms with Gasteiger partial charge in [-0.2, -0.15) is 0 Å². The Balaban J connectivity index is 2.00. The van der Waals surface area contributed by atoms with Crippen molar-refractivity contribution in [3.8, 4) is 5.69 Å². The predicted octanol–water partition coefficient (Wildman–Crippen LogP) is 2.67. The Morgan fingerprint density at radius 2 is 1.85 bits per heavy atom. The fraction of sp³-hybridized carbons (Fsp3) is 0.0667. The second-order valence-corrected chi connectivity index (χ2v) is 4.65. The fourth-order valence-corrected chi connectivity index (χ4v) is 2.36. The third-order valence-electron chi connectivity index (χ3n) is 3.41. The highest BCUT2D eigenvalue weighted by molar-refractivity contribution is 5.84. The molecular formula is C15H11N5. The van der Waals surface area contributed by atoms with Gasteiger partial charge in [-0.15, -0.1) is 5.10 Å². The third kappa shape index (κ3) is 1.56. The summed E-state index contributed by atoms with van der Waals surface area (Å²) < 4.78 is 1.83. The zero-order chi connectivity index (χ0) is 13.5. The Kier molecular flexibility index (Phi) is 2.26. The molecule has 0 unspecified atom stereocenters. The van der Waals surface area contributed by atoms with E-state index in [-0.39, 0.29) is 0 Å². The molecule has 2 heterocycles. The van der Waals surface area contributed by atoms with Crippen LogP contribution >= 0.6 is 0 Å². The molecule has 4 aromatic rings. The summed E-state index contributed by atoms with van der Waals surface area (Å²) in [6.07, 6.45) is 1.59. The van der Waals surface area contributed by atoms with Crippen molar-refractivity contribution in [1.29, 1.82) is 0 Å². The number of aromatic nitrogens is 5. The highest BCUT2D eigenvalue weighted by atomic mass is 15.4. The molecule has 0 N–H and O–H groups in total. The van der Waals surface area contributed by atoms with Crippen LogP contribution in [0.1, 0.15) is 5.69 Å². The van der Waals surface area contributed by atoms with E-state index < -0.39 is 0 Å². The van der Waals surface area contributed by atoms with Gasteiger partial charge in [-0.3, -0.25) is 0 Å². The minimum absolute atomic E-state index is 0.883. The van der Waals surface area contributed by atoms with Gasteiger partial charge in [0.15, 0.2) is 0 Å². The number of benzene rings is 2. The molecule has 0 saturated carbocycles. The molecule has 0 saturated heterocycles. The van der Waals surface area contributed by atoms with Gasteiger partial charge in [-0.25, -0.2) is 14.6 Å². The Labute approximate surface area is 114 Å². The number of nitrogens with zero attached hydrogens (tertiary/aromatic N) is 5. The van der Waals surface area contributed by atoms with E-state index in [4.69, 9.17) is 0 Å². The quantitative estimate of drug-likeness (QED) is 0.528. The normalized spacial score (nSPS) is 11.2. The summed E-state index contributed by atoms with van der Waals surface area (Å²) in [4.78, 5) is 8.51. The van der Waals surface area contributed by atoms with E-state index in [1.165, 1.54) is 0 Å². The van der Waals surface area contributed by atoms with Gasteiger partial charge in [0.1, 0.15) is 11.8 Å². The number of para-hydroxylation sites is 1. The molecule has 0 aliphatic rings. The first-order valence-corrected chi connectivity index (χ1v) is 6.35. The van der Waals surface area contributed by atoms with Crippen LogP contribution in [0.5, 0.6) is 0 Å². The first-order valence-electron chi connectivity index (χ1n) is 6.35. The van der Waals surface area contributed by atoms with Crippen LogP contribution in [0.2, 0.25) is 0 Å². The van der Waals surface area contributed by atoms with Crippen LogP contribution in [0.4, 0.5) is 0 Å². The molecule has 4 rings (SSSR count). The third-order valence-corrected chi connectivity index (χ3v) is 3.41. The average molecular weight is 261 g/mol. The Hall–Kier alpha value is -2.82. The minimum atomic E-state index is 0.883. The second kappa shape index (κ2) is 4.09. The van der Waals surface area contributed by atoms with Crippen molar-refractivity contribution in [3.63, 3.8) is 0 Å². The first-order chi connectivity index (χ1) is 9.83. The lowest BCUT2D eigenvalue weighted by atomic mass is 10.1. The summed E-state index contributed by atoms with van der Waals surface area (Å²) in [5.74, 6) is 0. The standard InChI is InChI=1S/C15H11N5/c1-10-12-8-11(6-7-13(12)17-9-16-10)20-15-5-3-2-4-14(15)18-19-20/h2-9H,1H3. The van der Waals surface area contributed by atoms with Crippen LogP contribution < -0.4 is 0 Å². The highest BCUT2D eigenvalue weighted by Crippen LogP contribution is 2.21. The maximum Gasteiger partial charge on any atom is 0.116 e. The molecule has 0 radical (unpaired) electrons. The largest absolute Gasteiger partial charge is 0.241 e. The van der Waals surface area contributed by atoms with Crippen molar-refractivity contribution in [2.24, 2.45) is 0 Å². The molecule has 2 aromatic heterocycles. The van der Waals surface area contributed by atoms with Gasteiger partial charge in [0.05, 0.1) is 16.7 Å². The summed E-state index contributed by atoms with van der Waals surface area (Å²) >= 11 is 0. The molecule has 5 nitrogen and oxygen atoms in total. The van der Waals surface area contributed by atoms with Gasteiger partial charge in [0.25, 0.3) is 0 Å². The van der Waals surface area contributed by atoms with Crippen molar-refractivity contribution in [3.05, 3.63) is 54.5 Å². The number of aryl methyl sites for hydroxylation is 1. The zero-order valence-corrected chi connectivity index (χ0v) is 10.9. The highest BCUT2D eigenvalue weighted by Gasteiger charge is 2.07. The van der Waals surface area contributed by atoms with Crippen molar-refractivity contribution in [2.45, 2.75) is 6.92 Å². The minimum Gasteiger partial charge on any atom is -0.241 e. The van der Waals surface area contributed by atoms with E-state index in [0.29, 0.717) is 0 Å². The van der Waals surface area contributed by atoms with Crippen LogP contribution in [-0.2, 0) is 0 Å². The summed E-state index contributed by atoms with van der Waals surface area (Å²) in [6.45, 7) is 1.98. The van der Waals surface area contributed by atoms with Crippen LogP contribution in [-0.4, -0.2) is 25.0 Å². The van der Waals surface area contributed by atoms with Gasteiger partial charge >= 0.3 is 0 Å². The van der Waals surface area contributed by atoms with Crippen LogP contribution in [0.25, 0.3) is 27.6 Å². The summed E-state index contributed by atoms with van der Waals surface area (Å²) in [7, 11) is 0. The molecule has 0 fully saturated rings. The lowest BCUT2D eigenvalue weighted by Crippen LogP contribution is -1.97. The van der Waals surface area contributed by atoms with Gasteiger partial charge in [-0.05, 0) is 37.3 Å². The number of rotatable bonds is 1. The van der Waals surface area contributed by atoms with Gasteiger partial charge in [0.2, 0.25) is 0 Å². The molecule has 0 aliphatic carbocycles. The van der Waals surface area contributed by atoms with Gasteiger partial charge < -0.3 is 0 Å². The lowest BCUT2D eigenvalue weighted by Gasteiger charge is -2.05. The zero-order valence-electron chi connectivity index (χ0n) is 10.9. The van der Waals surface area contributed by atoms with E-state index in [2.05, 4.69) is 20.3 Å². The van der Waals surface area contributed by atoms with E-state index in [1.54, 1.807) is 6.33 Å². The Bertz CT molecular complexity index is 926. The lowest BCUT2D eigenvalue weighted by molar-refractivity contribution is 0.824. The maximum absolute atomic E-state index is 4.27. The molecule has 0 amide bonds. The van der Waals surface area contributed by atoms with Gasteiger partial charge in [0, 0.05) is 11.1 Å². The first kappa shape index (κ1) is 11.0. The van der Waals surface area contributed by atoms with E-state index in [9.17, 15) is 0 Å².